The third-order valence-corrected chi connectivity index (χ3v) is 3.07. The van der Waals surface area contributed by atoms with E-state index < -0.39 is 10.8 Å². The molecule has 0 saturated carbocycles. The summed E-state index contributed by atoms with van der Waals surface area (Å²) >= 11 is 0. The van der Waals surface area contributed by atoms with Crippen molar-refractivity contribution < 1.29 is 4.21 Å². The molecule has 0 N–H and O–H groups in total. The Labute approximate surface area is 96.3 Å². The molecule has 4 heteroatoms. The van der Waals surface area contributed by atoms with Gasteiger partial charge in [0.05, 0.1) is 10.8 Å². The summed E-state index contributed by atoms with van der Waals surface area (Å²) in [4.78, 5) is 8.60. The largest absolute Gasteiger partial charge is 0.265 e. The molecule has 3 nitrogen and oxygen atoms in total. The van der Waals surface area contributed by atoms with Crippen LogP contribution >= 0.6 is 0 Å². The van der Waals surface area contributed by atoms with Crippen LogP contribution in [0.1, 0.15) is 5.56 Å². The summed E-state index contributed by atoms with van der Waals surface area (Å²) in [5.41, 5.74) is 0.935. The van der Waals surface area contributed by atoms with Crippen LogP contribution < -0.4 is 0 Å². The highest BCUT2D eigenvalue weighted by atomic mass is 32.2. The van der Waals surface area contributed by atoms with Gasteiger partial charge in [-0.3, -0.25) is 9.97 Å². The van der Waals surface area contributed by atoms with Gasteiger partial charge in [-0.25, -0.2) is 4.21 Å². The van der Waals surface area contributed by atoms with Gasteiger partial charge in [-0.15, -0.1) is 0 Å². The molecule has 0 bridgehead atoms. The Morgan fingerprint density at radius 1 is 1.06 bits per heavy atom. The molecule has 0 fully saturated rings. The molecule has 1 atom stereocenters. The number of aromatic nitrogens is 2. The average molecular weight is 230 g/mol. The van der Waals surface area contributed by atoms with Gasteiger partial charge in [-0.1, -0.05) is 6.07 Å². The molecule has 0 spiro atoms. The van der Waals surface area contributed by atoms with Gasteiger partial charge in [0.25, 0.3) is 0 Å². The van der Waals surface area contributed by atoms with Crippen molar-refractivity contribution in [3.8, 4) is 0 Å². The molecule has 0 aliphatic carbocycles. The van der Waals surface area contributed by atoms with Gasteiger partial charge in [0.15, 0.2) is 0 Å². The van der Waals surface area contributed by atoms with Crippen molar-refractivity contribution in [1.29, 1.82) is 0 Å². The maximum atomic E-state index is 11.8. The van der Waals surface area contributed by atoms with Crippen LogP contribution in [0, 0.1) is 0 Å². The molecule has 2 aromatic rings. The second-order valence-corrected chi connectivity index (χ2v) is 4.41. The summed E-state index contributed by atoms with van der Waals surface area (Å²) in [5, 5.41) is 1.65. The van der Waals surface area contributed by atoms with Crippen molar-refractivity contribution in [2.45, 2.75) is 4.90 Å². The normalized spacial score (nSPS) is 12.8. The predicted molar refractivity (Wildman–Crippen MR) is 63.9 cm³/mol. The molecule has 1 unspecified atom stereocenters. The van der Waals surface area contributed by atoms with Gasteiger partial charge >= 0.3 is 0 Å². The van der Waals surface area contributed by atoms with Gasteiger partial charge in [0, 0.05) is 35.1 Å². The fourth-order valence-electron chi connectivity index (χ4n) is 1.17. The zero-order chi connectivity index (χ0) is 11.2. The van der Waals surface area contributed by atoms with E-state index in [2.05, 4.69) is 9.97 Å². The van der Waals surface area contributed by atoms with E-state index in [4.69, 9.17) is 0 Å². The lowest BCUT2D eigenvalue weighted by atomic mass is 10.3. The van der Waals surface area contributed by atoms with Gasteiger partial charge in [-0.2, -0.15) is 0 Å². The van der Waals surface area contributed by atoms with E-state index in [1.54, 1.807) is 48.4 Å². The fourth-order valence-corrected chi connectivity index (χ4v) is 1.99. The molecule has 0 aromatic carbocycles. The van der Waals surface area contributed by atoms with Crippen LogP contribution in [0.2, 0.25) is 0 Å². The number of hydrogen-bond acceptors (Lipinski definition) is 3. The first-order valence-electron chi connectivity index (χ1n) is 4.75. The maximum Gasteiger partial charge on any atom is 0.0777 e. The lowest BCUT2D eigenvalue weighted by Gasteiger charge is -1.94. The quantitative estimate of drug-likeness (QED) is 0.812. The summed E-state index contributed by atoms with van der Waals surface area (Å²) < 4.78 is 11.8. The minimum atomic E-state index is -1.13. The SMILES string of the molecule is O=S(/C=C\c1cccnc1)c1ccncc1. The molecule has 0 radical (unpaired) electrons. The fraction of sp³-hybridized carbons (Fsp3) is 0. The minimum Gasteiger partial charge on any atom is -0.265 e. The molecular formula is C12H10N2OS. The van der Waals surface area contributed by atoms with Gasteiger partial charge in [-0.05, 0) is 29.8 Å². The second-order valence-electron chi connectivity index (χ2n) is 3.07. The van der Waals surface area contributed by atoms with Crippen molar-refractivity contribution in [1.82, 2.24) is 9.97 Å². The van der Waals surface area contributed by atoms with Crippen LogP contribution in [0.3, 0.4) is 0 Å². The van der Waals surface area contributed by atoms with Gasteiger partial charge < -0.3 is 0 Å². The Kier molecular flexibility index (Phi) is 3.56. The van der Waals surface area contributed by atoms with Crippen molar-refractivity contribution in [2.75, 3.05) is 0 Å². The van der Waals surface area contributed by atoms with E-state index in [9.17, 15) is 4.21 Å². The van der Waals surface area contributed by atoms with Crippen molar-refractivity contribution >= 4 is 16.9 Å². The molecule has 0 amide bonds. The van der Waals surface area contributed by atoms with Crippen LogP contribution in [0.5, 0.6) is 0 Å². The lowest BCUT2D eigenvalue weighted by Crippen LogP contribution is -1.86. The molecule has 0 aliphatic heterocycles. The predicted octanol–water partition coefficient (Wildman–Crippen LogP) is 2.26. The molecular weight excluding hydrogens is 220 g/mol. The zero-order valence-electron chi connectivity index (χ0n) is 8.48. The molecule has 2 heterocycles. The Hall–Kier alpha value is -1.81. The van der Waals surface area contributed by atoms with E-state index in [1.165, 1.54) is 0 Å². The highest BCUT2D eigenvalue weighted by Gasteiger charge is 1.97. The first kappa shape index (κ1) is 10.7. The molecule has 16 heavy (non-hydrogen) atoms. The third kappa shape index (κ3) is 2.84. The highest BCUT2D eigenvalue weighted by Crippen LogP contribution is 2.07. The van der Waals surface area contributed by atoms with Crippen LogP contribution in [0.25, 0.3) is 6.08 Å². The molecule has 0 saturated heterocycles. The molecule has 2 rings (SSSR count). The third-order valence-electron chi connectivity index (χ3n) is 1.95. The van der Waals surface area contributed by atoms with Gasteiger partial charge in [0.1, 0.15) is 0 Å². The summed E-state index contributed by atoms with van der Waals surface area (Å²) in [6.07, 6.45) is 8.48. The monoisotopic (exact) mass is 230 g/mol. The van der Waals surface area contributed by atoms with Crippen LogP contribution in [-0.4, -0.2) is 14.2 Å². The first-order chi connectivity index (χ1) is 7.86. The van der Waals surface area contributed by atoms with Crippen LogP contribution in [0.15, 0.2) is 59.4 Å². The maximum absolute atomic E-state index is 11.8. The van der Waals surface area contributed by atoms with E-state index in [0.717, 1.165) is 10.5 Å². The molecule has 80 valence electrons. The summed E-state index contributed by atoms with van der Waals surface area (Å²) in [7, 11) is -1.13. The Morgan fingerprint density at radius 3 is 2.56 bits per heavy atom. The summed E-state index contributed by atoms with van der Waals surface area (Å²) in [6, 6.07) is 7.23. The summed E-state index contributed by atoms with van der Waals surface area (Å²) in [5.74, 6) is 0. The Morgan fingerprint density at radius 2 is 1.88 bits per heavy atom. The Balaban J connectivity index is 2.12. The molecule has 0 aliphatic rings. The van der Waals surface area contributed by atoms with Gasteiger partial charge in [0.2, 0.25) is 0 Å². The lowest BCUT2D eigenvalue weighted by molar-refractivity contribution is 0.688. The second kappa shape index (κ2) is 5.32. The van der Waals surface area contributed by atoms with Crippen molar-refractivity contribution in [3.05, 3.63) is 60.0 Å². The topological polar surface area (TPSA) is 42.9 Å². The standard InChI is InChI=1S/C12H10N2OS/c15-16(12-3-7-13-8-4-12)9-5-11-2-1-6-14-10-11/h1-10H/b9-5-. The number of pyridine rings is 2. The highest BCUT2D eigenvalue weighted by molar-refractivity contribution is 7.88. The average Bonchev–Trinajstić information content (AvgIpc) is 2.38. The van der Waals surface area contributed by atoms with Crippen molar-refractivity contribution in [2.24, 2.45) is 0 Å². The van der Waals surface area contributed by atoms with Crippen LogP contribution in [-0.2, 0) is 10.8 Å². The Bertz CT molecular complexity index is 497. The van der Waals surface area contributed by atoms with Crippen molar-refractivity contribution in [3.63, 3.8) is 0 Å². The van der Waals surface area contributed by atoms with E-state index in [1.807, 2.05) is 12.1 Å². The molecule has 2 aromatic heterocycles. The number of rotatable bonds is 3. The number of hydrogen-bond donors (Lipinski definition) is 0. The zero-order valence-corrected chi connectivity index (χ0v) is 9.30. The minimum absolute atomic E-state index is 0.746. The van der Waals surface area contributed by atoms with E-state index >= 15 is 0 Å². The van der Waals surface area contributed by atoms with E-state index in [0.29, 0.717) is 0 Å². The van der Waals surface area contributed by atoms with E-state index in [-0.39, 0.29) is 0 Å². The first-order valence-corrected chi connectivity index (χ1v) is 5.96. The smallest absolute Gasteiger partial charge is 0.0777 e. The van der Waals surface area contributed by atoms with Crippen LogP contribution in [0.4, 0.5) is 0 Å². The number of nitrogens with zero attached hydrogens (tertiary/aromatic N) is 2. The summed E-state index contributed by atoms with van der Waals surface area (Å²) in [6.45, 7) is 0.